The SMILES string of the molecule is C=C/C=C\C(=C/CC)c1ccc(N(c2ccccc2)c2ccc(-c3ccc4c(c3)C(c3ccccc3C)(c3ccccc3C)c3ccccc3-4)cc2)cc1. The topological polar surface area (TPSA) is 3.24 Å². The molecule has 8 rings (SSSR count). The Hall–Kier alpha value is -6.44. The number of rotatable bonds is 10. The summed E-state index contributed by atoms with van der Waals surface area (Å²) in [5, 5.41) is 0. The fraction of sp³-hybridized carbons (Fsp3) is 0.0943. The first-order valence-corrected chi connectivity index (χ1v) is 19.0. The lowest BCUT2D eigenvalue weighted by molar-refractivity contribution is 0.754. The summed E-state index contributed by atoms with van der Waals surface area (Å²) >= 11 is 0. The molecule has 0 saturated heterocycles. The molecule has 0 N–H and O–H groups in total. The molecule has 7 aromatic carbocycles. The highest BCUT2D eigenvalue weighted by molar-refractivity contribution is 5.89. The zero-order valence-corrected chi connectivity index (χ0v) is 31.3. The number of hydrogen-bond acceptors (Lipinski definition) is 1. The maximum absolute atomic E-state index is 3.86. The van der Waals surface area contributed by atoms with E-state index < -0.39 is 5.41 Å². The van der Waals surface area contributed by atoms with Crippen molar-refractivity contribution in [2.75, 3.05) is 4.90 Å². The predicted molar refractivity (Wildman–Crippen MR) is 231 cm³/mol. The highest BCUT2D eigenvalue weighted by atomic mass is 15.1. The molecule has 1 aliphatic carbocycles. The Kier molecular flexibility index (Phi) is 9.55. The zero-order valence-electron chi connectivity index (χ0n) is 31.3. The van der Waals surface area contributed by atoms with Crippen LogP contribution in [0, 0.1) is 13.8 Å². The first kappa shape index (κ1) is 34.6. The third-order valence-corrected chi connectivity index (χ3v) is 10.9. The molecule has 0 unspecified atom stereocenters. The number of benzene rings is 7. The minimum absolute atomic E-state index is 0.442. The van der Waals surface area contributed by atoms with Crippen LogP contribution < -0.4 is 4.90 Å². The van der Waals surface area contributed by atoms with Crippen molar-refractivity contribution in [3.63, 3.8) is 0 Å². The summed E-state index contributed by atoms with van der Waals surface area (Å²) in [6.07, 6.45) is 9.18. The van der Waals surface area contributed by atoms with Crippen LogP contribution in [0.2, 0.25) is 0 Å². The van der Waals surface area contributed by atoms with Crippen molar-refractivity contribution in [1.29, 1.82) is 0 Å². The maximum atomic E-state index is 3.86. The highest BCUT2D eigenvalue weighted by Crippen LogP contribution is 2.58. The summed E-state index contributed by atoms with van der Waals surface area (Å²) in [4.78, 5) is 2.33. The number of para-hydroxylation sites is 1. The summed E-state index contributed by atoms with van der Waals surface area (Å²) in [6.45, 7) is 10.5. The number of aryl methyl sites for hydroxylation is 2. The van der Waals surface area contributed by atoms with E-state index in [1.807, 2.05) is 12.2 Å². The first-order valence-electron chi connectivity index (χ1n) is 19.0. The second-order valence-electron chi connectivity index (χ2n) is 14.1. The second-order valence-corrected chi connectivity index (χ2v) is 14.1. The Labute approximate surface area is 320 Å². The molecule has 0 atom stereocenters. The molecule has 1 nitrogen and oxygen atoms in total. The molecule has 0 fully saturated rings. The van der Waals surface area contributed by atoms with Gasteiger partial charge < -0.3 is 4.90 Å². The van der Waals surface area contributed by atoms with Crippen molar-refractivity contribution in [3.05, 3.63) is 240 Å². The normalized spacial score (nSPS) is 13.1. The van der Waals surface area contributed by atoms with Crippen LogP contribution in [-0.4, -0.2) is 0 Å². The fourth-order valence-corrected chi connectivity index (χ4v) is 8.48. The molecule has 0 saturated carbocycles. The largest absolute Gasteiger partial charge is 0.311 e. The van der Waals surface area contributed by atoms with Crippen LogP contribution in [-0.2, 0) is 5.41 Å². The number of nitrogens with zero attached hydrogens (tertiary/aromatic N) is 1. The van der Waals surface area contributed by atoms with Gasteiger partial charge in [-0.3, -0.25) is 0 Å². The molecule has 0 spiro atoms. The number of fused-ring (bicyclic) bond motifs is 3. The van der Waals surface area contributed by atoms with Crippen LogP contribution in [0.25, 0.3) is 27.8 Å². The van der Waals surface area contributed by atoms with Gasteiger partial charge in [0.1, 0.15) is 0 Å². The molecule has 0 amide bonds. The van der Waals surface area contributed by atoms with Crippen molar-refractivity contribution in [2.24, 2.45) is 0 Å². The maximum Gasteiger partial charge on any atom is 0.0718 e. The molecular weight excluding hydrogens is 651 g/mol. The summed E-state index contributed by atoms with van der Waals surface area (Å²) in [6, 6.07) is 62.5. The summed E-state index contributed by atoms with van der Waals surface area (Å²) in [5.41, 5.74) is 18.2. The van der Waals surface area contributed by atoms with Gasteiger partial charge in [0.15, 0.2) is 0 Å². The van der Waals surface area contributed by atoms with Crippen molar-refractivity contribution in [3.8, 4) is 22.3 Å². The Morgan fingerprint density at radius 2 is 1.06 bits per heavy atom. The van der Waals surface area contributed by atoms with Gasteiger partial charge in [-0.15, -0.1) is 0 Å². The second kappa shape index (κ2) is 14.9. The van der Waals surface area contributed by atoms with Crippen LogP contribution in [0.5, 0.6) is 0 Å². The average molecular weight is 696 g/mol. The van der Waals surface area contributed by atoms with E-state index >= 15 is 0 Å². The standard InChI is InChI=1S/C53H45N/c1-5-7-20-40(17-6-2)41-27-32-45(33-28-41)54(44-21-9-8-10-22-44)46-34-29-42(30-35-46)43-31-36-48-47-23-13-16-26-51(47)53(52(48)37-43,49-24-14-11-18-38(49)3)50-25-15-12-19-39(50)4/h5,7-37H,1,6H2,2-4H3/b20-7-,40-17+. The van der Waals surface area contributed by atoms with Gasteiger partial charge in [0.05, 0.1) is 5.41 Å². The summed E-state index contributed by atoms with van der Waals surface area (Å²) < 4.78 is 0. The Morgan fingerprint density at radius 3 is 1.67 bits per heavy atom. The molecule has 0 aliphatic heterocycles. The van der Waals surface area contributed by atoms with Gasteiger partial charge in [-0.2, -0.15) is 0 Å². The predicted octanol–water partition coefficient (Wildman–Crippen LogP) is 14.3. The van der Waals surface area contributed by atoms with E-state index in [1.165, 1.54) is 66.8 Å². The van der Waals surface area contributed by atoms with E-state index in [1.54, 1.807) is 0 Å². The number of allylic oxidation sites excluding steroid dienone is 5. The molecule has 0 radical (unpaired) electrons. The molecular formula is C53H45N. The molecule has 262 valence electrons. The monoisotopic (exact) mass is 695 g/mol. The molecule has 1 aliphatic rings. The van der Waals surface area contributed by atoms with Crippen LogP contribution in [0.3, 0.4) is 0 Å². The molecule has 7 aromatic rings. The van der Waals surface area contributed by atoms with Crippen molar-refractivity contribution in [1.82, 2.24) is 0 Å². The number of hydrogen-bond donors (Lipinski definition) is 0. The van der Waals surface area contributed by atoms with E-state index in [-0.39, 0.29) is 0 Å². The smallest absolute Gasteiger partial charge is 0.0718 e. The quantitative estimate of drug-likeness (QED) is 0.129. The lowest BCUT2D eigenvalue weighted by atomic mass is 9.65. The number of anilines is 3. The molecule has 0 aromatic heterocycles. The highest BCUT2D eigenvalue weighted by Gasteiger charge is 2.47. The summed E-state index contributed by atoms with van der Waals surface area (Å²) in [7, 11) is 0. The van der Waals surface area contributed by atoms with Crippen molar-refractivity contribution >= 4 is 22.6 Å². The molecule has 0 bridgehead atoms. The van der Waals surface area contributed by atoms with E-state index in [9.17, 15) is 0 Å². The fourth-order valence-electron chi connectivity index (χ4n) is 8.48. The zero-order chi connectivity index (χ0) is 37.1. The van der Waals surface area contributed by atoms with E-state index in [4.69, 9.17) is 0 Å². The molecule has 1 heteroatoms. The van der Waals surface area contributed by atoms with Crippen molar-refractivity contribution < 1.29 is 0 Å². The lowest BCUT2D eigenvalue weighted by Gasteiger charge is -2.36. The third-order valence-electron chi connectivity index (χ3n) is 10.9. The van der Waals surface area contributed by atoms with Gasteiger partial charge >= 0.3 is 0 Å². The third kappa shape index (κ3) is 6.02. The van der Waals surface area contributed by atoms with Gasteiger partial charge in [0, 0.05) is 17.1 Å². The minimum Gasteiger partial charge on any atom is -0.311 e. The Balaban J connectivity index is 1.24. The van der Waals surface area contributed by atoms with E-state index in [0.29, 0.717) is 0 Å². The average Bonchev–Trinajstić information content (AvgIpc) is 3.51. The van der Waals surface area contributed by atoms with Gasteiger partial charge in [-0.25, -0.2) is 0 Å². The Bertz CT molecular complexity index is 2450. The lowest BCUT2D eigenvalue weighted by Crippen LogP contribution is -2.30. The van der Waals surface area contributed by atoms with Crippen LogP contribution in [0.15, 0.2) is 201 Å². The van der Waals surface area contributed by atoms with Crippen LogP contribution in [0.4, 0.5) is 17.1 Å². The minimum atomic E-state index is -0.442. The van der Waals surface area contributed by atoms with Gasteiger partial charge in [-0.1, -0.05) is 165 Å². The van der Waals surface area contributed by atoms with Crippen LogP contribution >= 0.6 is 0 Å². The Morgan fingerprint density at radius 1 is 0.537 bits per heavy atom. The van der Waals surface area contributed by atoms with E-state index in [0.717, 1.165) is 23.5 Å². The van der Waals surface area contributed by atoms with Gasteiger partial charge in [0.2, 0.25) is 0 Å². The van der Waals surface area contributed by atoms with Gasteiger partial charge in [-0.05, 0) is 130 Å². The molecule has 54 heavy (non-hydrogen) atoms. The molecule has 0 heterocycles. The summed E-state index contributed by atoms with van der Waals surface area (Å²) in [5.74, 6) is 0. The first-order chi connectivity index (χ1) is 26.5. The van der Waals surface area contributed by atoms with E-state index in [2.05, 4.69) is 214 Å². The van der Waals surface area contributed by atoms with Gasteiger partial charge in [0.25, 0.3) is 0 Å². The van der Waals surface area contributed by atoms with Crippen molar-refractivity contribution in [2.45, 2.75) is 32.6 Å². The van der Waals surface area contributed by atoms with Crippen LogP contribution in [0.1, 0.15) is 52.3 Å².